The zero-order chi connectivity index (χ0) is 22.5. The molecule has 0 fully saturated rings. The number of benzene rings is 3. The van der Waals surface area contributed by atoms with E-state index >= 15 is 0 Å². The largest absolute Gasteiger partial charge is 0.497 e. The molecule has 0 aliphatic rings. The summed E-state index contributed by atoms with van der Waals surface area (Å²) in [6, 6.07) is 28.1. The van der Waals surface area contributed by atoms with Crippen molar-refractivity contribution >= 4 is 23.4 Å². The smallest absolute Gasteiger partial charge is 0.118 e. The fraction of sp³-hybridized carbons (Fsp3) is 0.111. The molecule has 158 valence electrons. The van der Waals surface area contributed by atoms with E-state index in [1.807, 2.05) is 54.6 Å². The van der Waals surface area contributed by atoms with Crippen molar-refractivity contribution in [1.29, 1.82) is 5.26 Å². The van der Waals surface area contributed by atoms with Crippen molar-refractivity contribution in [3.63, 3.8) is 0 Å². The number of ether oxygens (including phenoxy) is 1. The Hall–Kier alpha value is -3.26. The highest BCUT2D eigenvalue weighted by atomic mass is 35.5. The number of rotatable bonds is 6. The van der Waals surface area contributed by atoms with Crippen LogP contribution < -0.4 is 4.74 Å². The molecule has 0 saturated heterocycles. The minimum Gasteiger partial charge on any atom is -0.497 e. The first kappa shape index (κ1) is 22.0. The third kappa shape index (κ3) is 4.80. The predicted octanol–water partition coefficient (Wildman–Crippen LogP) is 7.55. The summed E-state index contributed by atoms with van der Waals surface area (Å²) in [5.74, 6) is 1.40. The summed E-state index contributed by atoms with van der Waals surface area (Å²) in [4.78, 5) is 4.88. The van der Waals surface area contributed by atoms with Gasteiger partial charge in [0.25, 0.3) is 0 Å². The molecule has 3 nitrogen and oxygen atoms in total. The second kappa shape index (κ2) is 9.91. The minimum absolute atomic E-state index is 0.558. The lowest BCUT2D eigenvalue weighted by Crippen LogP contribution is -1.97. The van der Waals surface area contributed by atoms with Gasteiger partial charge >= 0.3 is 0 Å². The van der Waals surface area contributed by atoms with Crippen molar-refractivity contribution < 1.29 is 4.74 Å². The van der Waals surface area contributed by atoms with Crippen LogP contribution >= 0.6 is 23.4 Å². The van der Waals surface area contributed by atoms with Gasteiger partial charge in [-0.1, -0.05) is 71.8 Å². The normalized spacial score (nSPS) is 10.6. The predicted molar refractivity (Wildman–Crippen MR) is 132 cm³/mol. The Bertz CT molecular complexity index is 1280. The summed E-state index contributed by atoms with van der Waals surface area (Å²) < 4.78 is 5.29. The van der Waals surface area contributed by atoms with Gasteiger partial charge in [0.2, 0.25) is 0 Å². The Kier molecular flexibility index (Phi) is 6.80. The van der Waals surface area contributed by atoms with Crippen LogP contribution in [0.15, 0.2) is 83.9 Å². The van der Waals surface area contributed by atoms with Crippen molar-refractivity contribution in [2.24, 2.45) is 0 Å². The van der Waals surface area contributed by atoms with Crippen LogP contribution in [-0.2, 0) is 5.75 Å². The van der Waals surface area contributed by atoms with E-state index in [0.717, 1.165) is 33.7 Å². The topological polar surface area (TPSA) is 45.9 Å². The fourth-order valence-electron chi connectivity index (χ4n) is 3.37. The second-order valence-corrected chi connectivity index (χ2v) is 8.69. The standard InChI is InChI=1S/C27H21ClN2OS/c1-18-7-9-20(10-8-18)26-15-23(19-11-13-22(31-2)14-12-19)24(16-29)27(30-26)32-17-21-5-3-4-6-25(21)28/h3-15H,17H2,1-2H3. The van der Waals surface area contributed by atoms with E-state index in [1.165, 1.54) is 17.3 Å². The highest BCUT2D eigenvalue weighted by Crippen LogP contribution is 2.36. The number of nitrogens with zero attached hydrogens (tertiary/aromatic N) is 2. The first-order chi connectivity index (χ1) is 15.6. The average molecular weight is 457 g/mol. The molecule has 1 aromatic heterocycles. The molecular weight excluding hydrogens is 436 g/mol. The zero-order valence-corrected chi connectivity index (χ0v) is 19.4. The summed E-state index contributed by atoms with van der Waals surface area (Å²) in [6.07, 6.45) is 0. The number of pyridine rings is 1. The van der Waals surface area contributed by atoms with Gasteiger partial charge in [0.15, 0.2) is 0 Å². The monoisotopic (exact) mass is 456 g/mol. The van der Waals surface area contributed by atoms with E-state index in [9.17, 15) is 5.26 Å². The molecule has 0 spiro atoms. The van der Waals surface area contributed by atoms with Crippen LogP contribution in [0.1, 0.15) is 16.7 Å². The number of hydrogen-bond acceptors (Lipinski definition) is 4. The van der Waals surface area contributed by atoms with E-state index in [4.69, 9.17) is 21.3 Å². The molecule has 0 aliphatic carbocycles. The van der Waals surface area contributed by atoms with Gasteiger partial charge in [0.05, 0.1) is 18.4 Å². The summed E-state index contributed by atoms with van der Waals surface area (Å²) in [7, 11) is 1.64. The summed E-state index contributed by atoms with van der Waals surface area (Å²) in [6.45, 7) is 2.06. The second-order valence-electron chi connectivity index (χ2n) is 7.32. The molecular formula is C27H21ClN2OS. The third-order valence-corrected chi connectivity index (χ3v) is 6.56. The molecule has 4 rings (SSSR count). The Morgan fingerprint density at radius 1 is 0.969 bits per heavy atom. The number of aromatic nitrogens is 1. The average Bonchev–Trinajstić information content (AvgIpc) is 2.83. The SMILES string of the molecule is COc1ccc(-c2cc(-c3ccc(C)cc3)nc(SCc3ccccc3Cl)c2C#N)cc1. The highest BCUT2D eigenvalue weighted by molar-refractivity contribution is 7.98. The molecule has 0 unspecified atom stereocenters. The van der Waals surface area contributed by atoms with E-state index in [-0.39, 0.29) is 0 Å². The zero-order valence-electron chi connectivity index (χ0n) is 17.8. The molecule has 32 heavy (non-hydrogen) atoms. The van der Waals surface area contributed by atoms with Crippen molar-refractivity contribution in [2.75, 3.05) is 7.11 Å². The summed E-state index contributed by atoms with van der Waals surface area (Å²) in [5, 5.41) is 11.5. The first-order valence-electron chi connectivity index (χ1n) is 10.1. The molecule has 0 N–H and O–H groups in total. The van der Waals surface area contributed by atoms with Crippen LogP contribution in [0.3, 0.4) is 0 Å². The van der Waals surface area contributed by atoms with Gasteiger partial charge in [0.1, 0.15) is 16.8 Å². The molecule has 0 radical (unpaired) electrons. The van der Waals surface area contributed by atoms with Crippen LogP contribution in [0.2, 0.25) is 5.02 Å². The number of methoxy groups -OCH3 is 1. The van der Waals surface area contributed by atoms with Gasteiger partial charge < -0.3 is 4.74 Å². The van der Waals surface area contributed by atoms with Gasteiger partial charge in [-0.3, -0.25) is 0 Å². The maximum absolute atomic E-state index is 10.1. The summed E-state index contributed by atoms with van der Waals surface area (Å²) in [5.41, 5.74) is 6.39. The molecule has 0 bridgehead atoms. The molecule has 0 saturated carbocycles. The maximum atomic E-state index is 10.1. The van der Waals surface area contributed by atoms with E-state index in [2.05, 4.69) is 37.3 Å². The Labute approximate surface area is 197 Å². The van der Waals surface area contributed by atoms with Crippen molar-refractivity contribution in [3.05, 3.63) is 101 Å². The molecule has 4 aromatic rings. The van der Waals surface area contributed by atoms with Gasteiger partial charge in [-0.2, -0.15) is 5.26 Å². The first-order valence-corrected chi connectivity index (χ1v) is 11.5. The molecule has 5 heteroatoms. The van der Waals surface area contributed by atoms with Crippen LogP contribution in [0.4, 0.5) is 0 Å². The van der Waals surface area contributed by atoms with Gasteiger partial charge in [-0.15, -0.1) is 11.8 Å². The number of nitriles is 1. The van der Waals surface area contributed by atoms with Crippen LogP contribution in [0.5, 0.6) is 5.75 Å². The fourth-order valence-corrected chi connectivity index (χ4v) is 4.65. The van der Waals surface area contributed by atoms with Crippen molar-refractivity contribution in [1.82, 2.24) is 4.98 Å². The lowest BCUT2D eigenvalue weighted by Gasteiger charge is -2.13. The van der Waals surface area contributed by atoms with Crippen LogP contribution in [0, 0.1) is 18.3 Å². The minimum atomic E-state index is 0.558. The Balaban J connectivity index is 1.82. The third-order valence-electron chi connectivity index (χ3n) is 5.17. The number of thioether (sulfide) groups is 1. The molecule has 0 atom stereocenters. The summed E-state index contributed by atoms with van der Waals surface area (Å²) >= 11 is 7.88. The molecule has 0 aliphatic heterocycles. The quantitative estimate of drug-likeness (QED) is 0.281. The molecule has 3 aromatic carbocycles. The van der Waals surface area contributed by atoms with E-state index < -0.39 is 0 Å². The number of halogens is 1. The lowest BCUT2D eigenvalue weighted by atomic mass is 9.99. The van der Waals surface area contributed by atoms with E-state index in [0.29, 0.717) is 21.4 Å². The van der Waals surface area contributed by atoms with Gasteiger partial charge in [-0.25, -0.2) is 4.98 Å². The maximum Gasteiger partial charge on any atom is 0.118 e. The number of aryl methyl sites for hydroxylation is 1. The van der Waals surface area contributed by atoms with E-state index in [1.54, 1.807) is 7.11 Å². The molecule has 1 heterocycles. The number of hydrogen-bond donors (Lipinski definition) is 0. The molecule has 0 amide bonds. The van der Waals surface area contributed by atoms with Gasteiger partial charge in [0, 0.05) is 21.9 Å². The van der Waals surface area contributed by atoms with Crippen LogP contribution in [0.25, 0.3) is 22.4 Å². The Morgan fingerprint density at radius 2 is 1.66 bits per heavy atom. The Morgan fingerprint density at radius 3 is 2.31 bits per heavy atom. The highest BCUT2D eigenvalue weighted by Gasteiger charge is 2.16. The van der Waals surface area contributed by atoms with Crippen molar-refractivity contribution in [3.8, 4) is 34.2 Å². The van der Waals surface area contributed by atoms with Crippen LogP contribution in [-0.4, -0.2) is 12.1 Å². The van der Waals surface area contributed by atoms with Crippen molar-refractivity contribution in [2.45, 2.75) is 17.7 Å². The van der Waals surface area contributed by atoms with Gasteiger partial charge in [-0.05, 0) is 42.3 Å². The lowest BCUT2D eigenvalue weighted by molar-refractivity contribution is 0.415.